The van der Waals surface area contributed by atoms with Crippen molar-refractivity contribution >= 4 is 12.0 Å². The number of ether oxygens (including phenoxy) is 4. The molecule has 0 saturated carbocycles. The Morgan fingerprint density at radius 1 is 1.03 bits per heavy atom. The number of methoxy groups -OCH3 is 2. The van der Waals surface area contributed by atoms with Crippen LogP contribution in [-0.4, -0.2) is 69.9 Å². The first-order valence-corrected chi connectivity index (χ1v) is 11.4. The number of rotatable bonds is 10. The number of likely N-dealkylation sites (N-methyl/N-ethyl adjacent to an activating group) is 1. The smallest absolute Gasteiger partial charge is 0.249 e. The second kappa shape index (κ2) is 10.6. The van der Waals surface area contributed by atoms with E-state index in [1.54, 1.807) is 14.2 Å². The third kappa shape index (κ3) is 5.60. The van der Waals surface area contributed by atoms with E-state index in [1.165, 1.54) is 5.56 Å². The van der Waals surface area contributed by atoms with E-state index in [9.17, 15) is 4.79 Å². The van der Waals surface area contributed by atoms with Crippen LogP contribution in [0.3, 0.4) is 0 Å². The Labute approximate surface area is 195 Å². The summed E-state index contributed by atoms with van der Waals surface area (Å²) in [5, 5.41) is 0. The lowest BCUT2D eigenvalue weighted by atomic mass is 10.1. The topological polar surface area (TPSA) is 60.5 Å². The zero-order chi connectivity index (χ0) is 23.2. The zero-order valence-electron chi connectivity index (χ0n) is 19.6. The van der Waals surface area contributed by atoms with E-state index < -0.39 is 0 Å². The lowest BCUT2D eigenvalue weighted by molar-refractivity contribution is -0.124. The van der Waals surface area contributed by atoms with E-state index in [1.807, 2.05) is 41.3 Å². The monoisotopic (exact) mass is 452 g/mol. The van der Waals surface area contributed by atoms with Gasteiger partial charge in [0.15, 0.2) is 23.0 Å². The summed E-state index contributed by atoms with van der Waals surface area (Å²) in [7, 11) is 5.42. The summed E-state index contributed by atoms with van der Waals surface area (Å²) in [4.78, 5) is 17.1. The number of likely N-dealkylation sites (tertiary alicyclic amines) is 1. The molecule has 0 atom stereocenters. The number of benzene rings is 2. The van der Waals surface area contributed by atoms with Crippen molar-refractivity contribution < 1.29 is 23.7 Å². The standard InChI is InChI=1S/C26H32N2O5/c1-27(13-9-19-5-7-22(30-2)24(16-19)31-3)11-4-12-28-14-10-21(26(28)29)15-20-6-8-23-25(17-20)33-18-32-23/h5-8,15-17H,4,9-14,18H2,1-3H3/b21-15+. The Hall–Kier alpha value is -3.19. The molecule has 0 spiro atoms. The average Bonchev–Trinajstić information content (AvgIpc) is 3.44. The highest BCUT2D eigenvalue weighted by molar-refractivity contribution is 5.99. The number of carbonyl (C=O) groups excluding carboxylic acids is 1. The molecule has 2 aliphatic heterocycles. The molecule has 7 nitrogen and oxygen atoms in total. The van der Waals surface area contributed by atoms with Crippen LogP contribution in [0.1, 0.15) is 24.0 Å². The van der Waals surface area contributed by atoms with Crippen LogP contribution in [0.15, 0.2) is 42.0 Å². The molecule has 1 saturated heterocycles. The first-order chi connectivity index (χ1) is 16.1. The molecule has 0 aliphatic carbocycles. The van der Waals surface area contributed by atoms with Crippen molar-refractivity contribution in [3.8, 4) is 23.0 Å². The normalized spacial score (nSPS) is 16.2. The average molecular weight is 453 g/mol. The van der Waals surface area contributed by atoms with Crippen molar-refractivity contribution in [2.45, 2.75) is 19.3 Å². The second-order valence-corrected chi connectivity index (χ2v) is 8.42. The lowest BCUT2D eigenvalue weighted by Crippen LogP contribution is -2.30. The SMILES string of the molecule is COc1ccc(CCN(C)CCCN2CC/C(=C\c3ccc4c(c3)OCO4)C2=O)cc1OC. The van der Waals surface area contributed by atoms with Crippen molar-refractivity contribution in [1.29, 1.82) is 0 Å². The Bertz CT molecular complexity index is 1020. The van der Waals surface area contributed by atoms with Gasteiger partial charge in [-0.15, -0.1) is 0 Å². The van der Waals surface area contributed by atoms with Crippen molar-refractivity contribution in [2.24, 2.45) is 0 Å². The molecular formula is C26H32N2O5. The summed E-state index contributed by atoms with van der Waals surface area (Å²) >= 11 is 0. The van der Waals surface area contributed by atoms with E-state index in [4.69, 9.17) is 18.9 Å². The summed E-state index contributed by atoms with van der Waals surface area (Å²) in [5.74, 6) is 3.14. The fourth-order valence-electron chi connectivity index (χ4n) is 4.22. The number of hydrogen-bond donors (Lipinski definition) is 0. The van der Waals surface area contributed by atoms with Gasteiger partial charge in [-0.3, -0.25) is 4.79 Å². The molecule has 1 fully saturated rings. The van der Waals surface area contributed by atoms with Crippen LogP contribution in [0, 0.1) is 0 Å². The van der Waals surface area contributed by atoms with Crippen LogP contribution >= 0.6 is 0 Å². The van der Waals surface area contributed by atoms with Crippen LogP contribution in [0.5, 0.6) is 23.0 Å². The third-order valence-electron chi connectivity index (χ3n) is 6.15. The summed E-state index contributed by atoms with van der Waals surface area (Å²) in [6.45, 7) is 3.70. The van der Waals surface area contributed by atoms with Gasteiger partial charge in [0, 0.05) is 25.2 Å². The molecule has 0 aromatic heterocycles. The Balaban J connectivity index is 1.22. The molecule has 0 bridgehead atoms. The summed E-state index contributed by atoms with van der Waals surface area (Å²) in [6.07, 6.45) is 4.63. The van der Waals surface area contributed by atoms with Gasteiger partial charge >= 0.3 is 0 Å². The van der Waals surface area contributed by atoms with Gasteiger partial charge in [0.05, 0.1) is 14.2 Å². The minimum absolute atomic E-state index is 0.139. The molecule has 0 radical (unpaired) electrons. The molecule has 0 unspecified atom stereocenters. The molecule has 2 aliphatic rings. The molecule has 176 valence electrons. The molecule has 2 heterocycles. The van der Waals surface area contributed by atoms with Gasteiger partial charge < -0.3 is 28.7 Å². The molecular weight excluding hydrogens is 420 g/mol. The first kappa shape index (κ1) is 23.0. The minimum atomic E-state index is 0.139. The van der Waals surface area contributed by atoms with Gasteiger partial charge in [0.1, 0.15) is 0 Å². The molecule has 7 heteroatoms. The van der Waals surface area contributed by atoms with Crippen LogP contribution in [0.2, 0.25) is 0 Å². The predicted molar refractivity (Wildman–Crippen MR) is 127 cm³/mol. The minimum Gasteiger partial charge on any atom is -0.493 e. The van der Waals surface area contributed by atoms with Crippen molar-refractivity contribution in [3.63, 3.8) is 0 Å². The fourth-order valence-corrected chi connectivity index (χ4v) is 4.22. The maximum absolute atomic E-state index is 12.8. The van der Waals surface area contributed by atoms with E-state index in [0.29, 0.717) is 0 Å². The second-order valence-electron chi connectivity index (χ2n) is 8.42. The highest BCUT2D eigenvalue weighted by Gasteiger charge is 2.25. The maximum Gasteiger partial charge on any atom is 0.249 e. The summed E-state index contributed by atoms with van der Waals surface area (Å²) in [6, 6.07) is 11.8. The van der Waals surface area contributed by atoms with Gasteiger partial charge in [-0.25, -0.2) is 0 Å². The third-order valence-corrected chi connectivity index (χ3v) is 6.15. The number of fused-ring (bicyclic) bond motifs is 1. The van der Waals surface area contributed by atoms with Gasteiger partial charge in [0.25, 0.3) is 0 Å². The zero-order valence-corrected chi connectivity index (χ0v) is 19.6. The molecule has 0 N–H and O–H groups in total. The summed E-state index contributed by atoms with van der Waals surface area (Å²) in [5.41, 5.74) is 3.04. The number of nitrogens with zero attached hydrogens (tertiary/aromatic N) is 2. The number of amides is 1. The van der Waals surface area contributed by atoms with E-state index in [2.05, 4.69) is 18.0 Å². The molecule has 33 heavy (non-hydrogen) atoms. The number of carbonyl (C=O) groups is 1. The van der Waals surface area contributed by atoms with Crippen LogP contribution < -0.4 is 18.9 Å². The Morgan fingerprint density at radius 3 is 2.67 bits per heavy atom. The Kier molecular flexibility index (Phi) is 7.40. The van der Waals surface area contributed by atoms with Crippen molar-refractivity contribution in [1.82, 2.24) is 9.80 Å². The maximum atomic E-state index is 12.8. The highest BCUT2D eigenvalue weighted by Crippen LogP contribution is 2.33. The van der Waals surface area contributed by atoms with Crippen molar-refractivity contribution in [2.75, 3.05) is 54.2 Å². The fraction of sp³-hybridized carbons (Fsp3) is 0.423. The van der Waals surface area contributed by atoms with Gasteiger partial charge in [0.2, 0.25) is 12.7 Å². The molecule has 2 aromatic rings. The predicted octanol–water partition coefficient (Wildman–Crippen LogP) is 3.61. The van der Waals surface area contributed by atoms with Crippen LogP contribution in [-0.2, 0) is 11.2 Å². The van der Waals surface area contributed by atoms with Crippen LogP contribution in [0.25, 0.3) is 6.08 Å². The van der Waals surface area contributed by atoms with Gasteiger partial charge in [-0.2, -0.15) is 0 Å². The van der Waals surface area contributed by atoms with E-state index in [-0.39, 0.29) is 12.7 Å². The molecule has 2 aromatic carbocycles. The van der Waals surface area contributed by atoms with E-state index >= 15 is 0 Å². The number of hydrogen-bond acceptors (Lipinski definition) is 6. The summed E-state index contributed by atoms with van der Waals surface area (Å²) < 4.78 is 21.5. The van der Waals surface area contributed by atoms with Crippen LogP contribution in [0.4, 0.5) is 0 Å². The van der Waals surface area contributed by atoms with Crippen molar-refractivity contribution in [3.05, 3.63) is 53.1 Å². The molecule has 1 amide bonds. The Morgan fingerprint density at radius 2 is 1.85 bits per heavy atom. The van der Waals surface area contributed by atoms with E-state index in [0.717, 1.165) is 79.6 Å². The highest BCUT2D eigenvalue weighted by atomic mass is 16.7. The molecule has 4 rings (SSSR count). The van der Waals surface area contributed by atoms with Gasteiger partial charge in [-0.1, -0.05) is 12.1 Å². The largest absolute Gasteiger partial charge is 0.493 e. The quantitative estimate of drug-likeness (QED) is 0.514. The lowest BCUT2D eigenvalue weighted by Gasteiger charge is -2.20. The van der Waals surface area contributed by atoms with Gasteiger partial charge in [-0.05, 0) is 74.3 Å². The first-order valence-electron chi connectivity index (χ1n) is 11.4.